The highest BCUT2D eigenvalue weighted by Gasteiger charge is 2.20. The predicted molar refractivity (Wildman–Crippen MR) is 67.9 cm³/mol. The minimum Gasteiger partial charge on any atom is -0.318 e. The molecule has 0 bridgehead atoms. The monoisotopic (exact) mass is 252 g/mol. The zero-order chi connectivity index (χ0) is 13.6. The number of oxime groups is 1. The molecule has 1 rings (SSSR count). The first-order valence-corrected chi connectivity index (χ1v) is 6.03. The van der Waals surface area contributed by atoms with Crippen molar-refractivity contribution < 1.29 is 9.63 Å². The number of nitrogens with zero attached hydrogens (tertiary/aromatic N) is 4. The summed E-state index contributed by atoms with van der Waals surface area (Å²) in [6.45, 7) is 8.51. The van der Waals surface area contributed by atoms with Gasteiger partial charge in [0.15, 0.2) is 0 Å². The van der Waals surface area contributed by atoms with Gasteiger partial charge in [0.25, 0.3) is 0 Å². The molecular formula is C12H20N4O2. The van der Waals surface area contributed by atoms with Crippen molar-refractivity contribution in [3.8, 4) is 0 Å². The molecule has 0 atom stereocenters. The summed E-state index contributed by atoms with van der Waals surface area (Å²) in [6.07, 6.45) is 4.14. The van der Waals surface area contributed by atoms with Crippen molar-refractivity contribution in [1.29, 1.82) is 0 Å². The predicted octanol–water partition coefficient (Wildman–Crippen LogP) is 2.02. The third-order valence-corrected chi connectivity index (χ3v) is 2.46. The molecule has 0 aliphatic rings. The fourth-order valence-electron chi connectivity index (χ4n) is 1.30. The molecule has 0 saturated carbocycles. The maximum Gasteiger partial charge on any atom is 0.334 e. The highest BCUT2D eigenvalue weighted by Crippen LogP contribution is 2.19. The Bertz CT molecular complexity index is 404. The quantitative estimate of drug-likeness (QED) is 0.456. The third-order valence-electron chi connectivity index (χ3n) is 2.46. The molecule has 0 radical (unpaired) electrons. The van der Waals surface area contributed by atoms with Crippen LogP contribution in [0.1, 0.15) is 40.5 Å². The average Bonchev–Trinajstić information content (AvgIpc) is 2.79. The van der Waals surface area contributed by atoms with Crippen LogP contribution in [0.15, 0.2) is 17.8 Å². The lowest BCUT2D eigenvalue weighted by Gasteiger charge is -2.20. The molecule has 0 fully saturated rings. The van der Waals surface area contributed by atoms with E-state index in [1.165, 1.54) is 6.33 Å². The second-order valence-corrected chi connectivity index (χ2v) is 5.01. The van der Waals surface area contributed by atoms with Crippen LogP contribution in [0.4, 0.5) is 0 Å². The van der Waals surface area contributed by atoms with Gasteiger partial charge in [-0.2, -0.15) is 5.10 Å². The summed E-state index contributed by atoms with van der Waals surface area (Å²) in [6, 6.07) is 0. The van der Waals surface area contributed by atoms with Gasteiger partial charge in [0, 0.05) is 24.8 Å². The highest BCUT2D eigenvalue weighted by atomic mass is 16.7. The Balaban J connectivity index is 2.64. The second kappa shape index (κ2) is 6.28. The summed E-state index contributed by atoms with van der Waals surface area (Å²) in [4.78, 5) is 19.8. The summed E-state index contributed by atoms with van der Waals surface area (Å²) in [5.41, 5.74) is 0.689. The molecule has 18 heavy (non-hydrogen) atoms. The van der Waals surface area contributed by atoms with Gasteiger partial charge in [0.2, 0.25) is 0 Å². The zero-order valence-corrected chi connectivity index (χ0v) is 11.4. The van der Waals surface area contributed by atoms with E-state index in [-0.39, 0.29) is 11.4 Å². The molecule has 0 aliphatic carbocycles. The van der Waals surface area contributed by atoms with Crippen LogP contribution in [0.3, 0.4) is 0 Å². The molecule has 6 heteroatoms. The van der Waals surface area contributed by atoms with E-state index >= 15 is 0 Å². The molecule has 0 aromatic carbocycles. The van der Waals surface area contributed by atoms with Crippen molar-refractivity contribution in [1.82, 2.24) is 14.8 Å². The van der Waals surface area contributed by atoms with Crippen LogP contribution in [0.25, 0.3) is 0 Å². The Hall–Kier alpha value is -1.72. The minimum atomic E-state index is -0.322. The molecule has 1 aromatic rings. The molecule has 100 valence electrons. The number of aryl methyl sites for hydroxylation is 1. The number of aromatic nitrogens is 3. The van der Waals surface area contributed by atoms with E-state index in [2.05, 4.69) is 15.2 Å². The number of carbonyl (C=O) groups excluding carboxylic acids is 1. The third kappa shape index (κ3) is 4.65. The van der Waals surface area contributed by atoms with Crippen LogP contribution in [-0.4, -0.2) is 26.4 Å². The lowest BCUT2D eigenvalue weighted by atomic mass is 9.88. The smallest absolute Gasteiger partial charge is 0.318 e. The average molecular weight is 252 g/mol. The van der Waals surface area contributed by atoms with Gasteiger partial charge in [0.1, 0.15) is 12.7 Å². The van der Waals surface area contributed by atoms with Gasteiger partial charge in [-0.25, -0.2) is 9.78 Å². The molecule has 6 nitrogen and oxygen atoms in total. The van der Waals surface area contributed by atoms with E-state index in [0.29, 0.717) is 19.4 Å². The summed E-state index contributed by atoms with van der Waals surface area (Å²) in [5, 5.41) is 8.00. The summed E-state index contributed by atoms with van der Waals surface area (Å²) in [5.74, 6) is -0.322. The standard InChI is InChI=1S/C12H20N4O2/c1-5-11(17)18-15-10(12(2,3)4)6-7-16-9-13-8-14-16/h8-9H,5-7H2,1-4H3. The van der Waals surface area contributed by atoms with Gasteiger partial charge in [-0.15, -0.1) is 0 Å². The fraction of sp³-hybridized carbons (Fsp3) is 0.667. The fourth-order valence-corrected chi connectivity index (χ4v) is 1.30. The van der Waals surface area contributed by atoms with Crippen LogP contribution >= 0.6 is 0 Å². The molecule has 1 heterocycles. The molecule has 0 saturated heterocycles. The highest BCUT2D eigenvalue weighted by molar-refractivity contribution is 5.89. The van der Waals surface area contributed by atoms with E-state index in [1.807, 2.05) is 20.8 Å². The zero-order valence-electron chi connectivity index (χ0n) is 11.4. The Morgan fingerprint density at radius 2 is 2.17 bits per heavy atom. The molecule has 0 aliphatic heterocycles. The van der Waals surface area contributed by atoms with Gasteiger partial charge in [-0.1, -0.05) is 32.9 Å². The summed E-state index contributed by atoms with van der Waals surface area (Å²) in [7, 11) is 0. The van der Waals surface area contributed by atoms with E-state index in [1.54, 1.807) is 17.9 Å². The van der Waals surface area contributed by atoms with Crippen molar-refractivity contribution in [2.75, 3.05) is 0 Å². The Morgan fingerprint density at radius 3 is 2.67 bits per heavy atom. The summed E-state index contributed by atoms with van der Waals surface area (Å²) >= 11 is 0. The summed E-state index contributed by atoms with van der Waals surface area (Å²) < 4.78 is 1.73. The largest absolute Gasteiger partial charge is 0.334 e. The van der Waals surface area contributed by atoms with Crippen LogP contribution in [0, 0.1) is 5.41 Å². The Kier molecular flexibility index (Phi) is 5.00. The number of carbonyl (C=O) groups is 1. The lowest BCUT2D eigenvalue weighted by Crippen LogP contribution is -2.23. The Labute approximate surface area is 107 Å². The van der Waals surface area contributed by atoms with E-state index in [0.717, 1.165) is 5.71 Å². The first kappa shape index (κ1) is 14.3. The van der Waals surface area contributed by atoms with Crippen LogP contribution < -0.4 is 0 Å². The first-order chi connectivity index (χ1) is 8.43. The molecule has 0 amide bonds. The van der Waals surface area contributed by atoms with Gasteiger partial charge < -0.3 is 4.84 Å². The van der Waals surface area contributed by atoms with Crippen molar-refractivity contribution in [3.63, 3.8) is 0 Å². The van der Waals surface area contributed by atoms with Crippen LogP contribution in [0.2, 0.25) is 0 Å². The maximum absolute atomic E-state index is 11.1. The lowest BCUT2D eigenvalue weighted by molar-refractivity contribution is -0.143. The van der Waals surface area contributed by atoms with Gasteiger partial charge >= 0.3 is 5.97 Å². The maximum atomic E-state index is 11.1. The van der Waals surface area contributed by atoms with Crippen molar-refractivity contribution in [2.24, 2.45) is 10.6 Å². The van der Waals surface area contributed by atoms with Gasteiger partial charge in [-0.3, -0.25) is 4.68 Å². The van der Waals surface area contributed by atoms with Gasteiger partial charge in [-0.05, 0) is 0 Å². The molecule has 0 N–H and O–H groups in total. The molecule has 0 unspecified atom stereocenters. The van der Waals surface area contributed by atoms with E-state index in [4.69, 9.17) is 4.84 Å². The van der Waals surface area contributed by atoms with E-state index < -0.39 is 0 Å². The second-order valence-electron chi connectivity index (χ2n) is 5.01. The SMILES string of the molecule is CCC(=O)ON=C(CCn1cncn1)C(C)(C)C. The number of hydrogen-bond acceptors (Lipinski definition) is 5. The topological polar surface area (TPSA) is 69.4 Å². The first-order valence-electron chi connectivity index (χ1n) is 6.03. The number of hydrogen-bond donors (Lipinski definition) is 0. The van der Waals surface area contributed by atoms with E-state index in [9.17, 15) is 4.79 Å². The van der Waals surface area contributed by atoms with Gasteiger partial charge in [0.05, 0.1) is 5.71 Å². The molecule has 0 spiro atoms. The molecule has 1 aromatic heterocycles. The molecular weight excluding hydrogens is 232 g/mol. The van der Waals surface area contributed by atoms with Crippen molar-refractivity contribution in [3.05, 3.63) is 12.7 Å². The normalized spacial score (nSPS) is 12.6. The van der Waals surface area contributed by atoms with Crippen LogP contribution in [-0.2, 0) is 16.2 Å². The number of rotatable bonds is 5. The van der Waals surface area contributed by atoms with Crippen molar-refractivity contribution >= 4 is 11.7 Å². The van der Waals surface area contributed by atoms with Crippen LogP contribution in [0.5, 0.6) is 0 Å². The minimum absolute atomic E-state index is 0.144. The van der Waals surface area contributed by atoms with Crippen molar-refractivity contribution in [2.45, 2.75) is 47.1 Å². The Morgan fingerprint density at radius 1 is 1.44 bits per heavy atom.